The number of anilines is 1. The van der Waals surface area contributed by atoms with Crippen LogP contribution in [0.4, 0.5) is 5.69 Å². The van der Waals surface area contributed by atoms with E-state index in [1.807, 2.05) is 32.0 Å². The van der Waals surface area contributed by atoms with Crippen LogP contribution in [0.2, 0.25) is 0 Å². The van der Waals surface area contributed by atoms with Gasteiger partial charge in [-0.3, -0.25) is 14.5 Å². The molecular formula is C15H20N2O3. The summed E-state index contributed by atoms with van der Waals surface area (Å²) in [5.41, 5.74) is 0.661. The number of hydrogen-bond acceptors (Lipinski definition) is 3. The summed E-state index contributed by atoms with van der Waals surface area (Å²) in [6.45, 7) is 4.33. The average molecular weight is 276 g/mol. The lowest BCUT2D eigenvalue weighted by atomic mass is 10.2. The van der Waals surface area contributed by atoms with Gasteiger partial charge >= 0.3 is 0 Å². The summed E-state index contributed by atoms with van der Waals surface area (Å²) >= 11 is 0. The van der Waals surface area contributed by atoms with Crippen LogP contribution in [0.3, 0.4) is 0 Å². The van der Waals surface area contributed by atoms with Gasteiger partial charge in [-0.05, 0) is 25.5 Å². The Labute approximate surface area is 118 Å². The molecule has 0 saturated carbocycles. The molecule has 5 heteroatoms. The molecule has 1 N–H and O–H groups in total. The van der Waals surface area contributed by atoms with Crippen LogP contribution in [0.15, 0.2) is 24.3 Å². The summed E-state index contributed by atoms with van der Waals surface area (Å²) in [4.78, 5) is 25.6. The first-order valence-corrected chi connectivity index (χ1v) is 6.93. The number of carbonyl (C=O) groups excluding carboxylic acids is 2. The third-order valence-electron chi connectivity index (χ3n) is 3.35. The topological polar surface area (TPSA) is 58.6 Å². The number of amides is 2. The maximum Gasteiger partial charge on any atom is 0.240 e. The SMILES string of the molecule is CC[C@H](C)NC(=O)CN1C(=O)CCOc2ccccc21. The molecule has 0 radical (unpaired) electrons. The number of nitrogens with one attached hydrogen (secondary N) is 1. The summed E-state index contributed by atoms with van der Waals surface area (Å²) in [6, 6.07) is 7.41. The first-order valence-electron chi connectivity index (χ1n) is 6.93. The van der Waals surface area contributed by atoms with Gasteiger partial charge in [0.25, 0.3) is 0 Å². The van der Waals surface area contributed by atoms with Crippen LogP contribution in [0.25, 0.3) is 0 Å². The zero-order chi connectivity index (χ0) is 14.5. The Hall–Kier alpha value is -2.04. The Morgan fingerprint density at radius 3 is 2.95 bits per heavy atom. The second-order valence-electron chi connectivity index (χ2n) is 4.92. The Morgan fingerprint density at radius 2 is 2.20 bits per heavy atom. The number of carbonyl (C=O) groups is 2. The number of fused-ring (bicyclic) bond motifs is 1. The third kappa shape index (κ3) is 3.29. The van der Waals surface area contributed by atoms with E-state index >= 15 is 0 Å². The molecule has 0 bridgehead atoms. The van der Waals surface area contributed by atoms with Gasteiger partial charge in [0.05, 0.1) is 18.7 Å². The average Bonchev–Trinajstić information content (AvgIpc) is 2.59. The Morgan fingerprint density at radius 1 is 1.45 bits per heavy atom. The monoisotopic (exact) mass is 276 g/mol. The van der Waals surface area contributed by atoms with Gasteiger partial charge in [0, 0.05) is 6.04 Å². The first-order chi connectivity index (χ1) is 9.61. The maximum atomic E-state index is 12.1. The lowest BCUT2D eigenvalue weighted by molar-refractivity contribution is -0.124. The standard InChI is InChI=1S/C15H20N2O3/c1-3-11(2)16-14(18)10-17-12-6-4-5-7-13(12)20-9-8-15(17)19/h4-7,11H,3,8-10H2,1-2H3,(H,16,18)/t11-/m0/s1. The van der Waals surface area contributed by atoms with Crippen LogP contribution < -0.4 is 15.0 Å². The Bertz CT molecular complexity index is 502. The van der Waals surface area contributed by atoms with Gasteiger partial charge in [-0.15, -0.1) is 0 Å². The largest absolute Gasteiger partial charge is 0.491 e. The van der Waals surface area contributed by atoms with Crippen molar-refractivity contribution in [2.24, 2.45) is 0 Å². The lowest BCUT2D eigenvalue weighted by Crippen LogP contribution is -2.43. The molecule has 2 amide bonds. The third-order valence-corrected chi connectivity index (χ3v) is 3.35. The van der Waals surface area contributed by atoms with Crippen LogP contribution in [0, 0.1) is 0 Å². The van der Waals surface area contributed by atoms with E-state index in [4.69, 9.17) is 4.74 Å². The highest BCUT2D eigenvalue weighted by Gasteiger charge is 2.25. The molecule has 1 atom stereocenters. The van der Waals surface area contributed by atoms with Gasteiger partial charge in [0.1, 0.15) is 12.3 Å². The van der Waals surface area contributed by atoms with Gasteiger partial charge in [-0.1, -0.05) is 19.1 Å². The Balaban J connectivity index is 2.16. The summed E-state index contributed by atoms with van der Waals surface area (Å²) in [7, 11) is 0. The molecule has 0 unspecified atom stereocenters. The van der Waals surface area contributed by atoms with E-state index in [0.29, 0.717) is 18.0 Å². The van der Waals surface area contributed by atoms with E-state index in [2.05, 4.69) is 5.32 Å². The molecule has 20 heavy (non-hydrogen) atoms. The minimum absolute atomic E-state index is 0.0313. The number of para-hydroxylation sites is 2. The van der Waals surface area contributed by atoms with Crippen LogP contribution >= 0.6 is 0 Å². The zero-order valence-corrected chi connectivity index (χ0v) is 11.9. The van der Waals surface area contributed by atoms with E-state index in [1.54, 1.807) is 6.07 Å². The van der Waals surface area contributed by atoms with Crippen LogP contribution in [-0.2, 0) is 9.59 Å². The quantitative estimate of drug-likeness (QED) is 0.911. The second kappa shape index (κ2) is 6.41. The number of rotatable bonds is 4. The summed E-state index contributed by atoms with van der Waals surface area (Å²) in [5.74, 6) is 0.411. The molecule has 1 aromatic rings. The number of ether oxygens (including phenoxy) is 1. The number of benzene rings is 1. The lowest BCUT2D eigenvalue weighted by Gasteiger charge is -2.22. The maximum absolute atomic E-state index is 12.1. The van der Waals surface area contributed by atoms with Crippen molar-refractivity contribution in [3.8, 4) is 5.75 Å². The predicted molar refractivity (Wildman–Crippen MR) is 76.8 cm³/mol. The fourth-order valence-corrected chi connectivity index (χ4v) is 2.06. The van der Waals surface area contributed by atoms with Crippen molar-refractivity contribution in [3.63, 3.8) is 0 Å². The van der Waals surface area contributed by atoms with E-state index in [9.17, 15) is 9.59 Å². The fourth-order valence-electron chi connectivity index (χ4n) is 2.06. The summed E-state index contributed by atoms with van der Waals surface area (Å²) in [6.07, 6.45) is 1.14. The minimum atomic E-state index is -0.149. The zero-order valence-electron chi connectivity index (χ0n) is 11.9. The van der Waals surface area contributed by atoms with Crippen molar-refractivity contribution in [3.05, 3.63) is 24.3 Å². The van der Waals surface area contributed by atoms with E-state index < -0.39 is 0 Å². The molecule has 1 heterocycles. The Kier molecular flexibility index (Phi) is 4.61. The van der Waals surface area contributed by atoms with Crippen LogP contribution in [-0.4, -0.2) is 31.0 Å². The molecule has 0 fully saturated rings. The van der Waals surface area contributed by atoms with Gasteiger partial charge in [-0.25, -0.2) is 0 Å². The van der Waals surface area contributed by atoms with Gasteiger partial charge in [0.15, 0.2) is 0 Å². The number of nitrogens with zero attached hydrogens (tertiary/aromatic N) is 1. The highest BCUT2D eigenvalue weighted by atomic mass is 16.5. The second-order valence-corrected chi connectivity index (χ2v) is 4.92. The smallest absolute Gasteiger partial charge is 0.240 e. The molecule has 2 rings (SSSR count). The van der Waals surface area contributed by atoms with Crippen molar-refractivity contribution < 1.29 is 14.3 Å². The molecule has 5 nitrogen and oxygen atoms in total. The molecule has 1 aromatic carbocycles. The summed E-state index contributed by atoms with van der Waals surface area (Å²) < 4.78 is 5.54. The predicted octanol–water partition coefficient (Wildman–Crippen LogP) is 1.72. The number of hydrogen-bond donors (Lipinski definition) is 1. The summed E-state index contributed by atoms with van der Waals surface area (Å²) in [5, 5.41) is 2.87. The molecule has 0 spiro atoms. The van der Waals surface area contributed by atoms with Crippen molar-refractivity contribution in [2.45, 2.75) is 32.7 Å². The highest BCUT2D eigenvalue weighted by Crippen LogP contribution is 2.30. The molecule has 0 aromatic heterocycles. The van der Waals surface area contributed by atoms with Gasteiger partial charge < -0.3 is 10.1 Å². The van der Waals surface area contributed by atoms with Crippen LogP contribution in [0.5, 0.6) is 5.75 Å². The molecule has 1 aliphatic heterocycles. The highest BCUT2D eigenvalue weighted by molar-refractivity contribution is 6.00. The van der Waals surface area contributed by atoms with E-state index in [-0.39, 0.29) is 30.8 Å². The van der Waals surface area contributed by atoms with E-state index in [1.165, 1.54) is 4.90 Å². The van der Waals surface area contributed by atoms with Crippen LogP contribution in [0.1, 0.15) is 26.7 Å². The molecule has 108 valence electrons. The fraction of sp³-hybridized carbons (Fsp3) is 0.467. The molecular weight excluding hydrogens is 256 g/mol. The van der Waals surface area contributed by atoms with Gasteiger partial charge in [-0.2, -0.15) is 0 Å². The van der Waals surface area contributed by atoms with Gasteiger partial charge in [0.2, 0.25) is 11.8 Å². The minimum Gasteiger partial charge on any atom is -0.491 e. The van der Waals surface area contributed by atoms with Crippen molar-refractivity contribution >= 4 is 17.5 Å². The normalized spacial score (nSPS) is 15.9. The van der Waals surface area contributed by atoms with E-state index in [0.717, 1.165) is 6.42 Å². The van der Waals surface area contributed by atoms with Crippen molar-refractivity contribution in [1.82, 2.24) is 5.32 Å². The molecule has 0 aliphatic carbocycles. The first kappa shape index (κ1) is 14.4. The molecule has 0 saturated heterocycles. The molecule has 1 aliphatic rings. The van der Waals surface area contributed by atoms with Crippen molar-refractivity contribution in [2.75, 3.05) is 18.1 Å². The van der Waals surface area contributed by atoms with Crippen molar-refractivity contribution in [1.29, 1.82) is 0 Å².